The van der Waals surface area contributed by atoms with Crippen LogP contribution < -0.4 is 0 Å². The molecule has 4 heteroatoms. The van der Waals surface area contributed by atoms with Crippen LogP contribution in [-0.2, 0) is 14.3 Å². The summed E-state index contributed by atoms with van der Waals surface area (Å²) >= 11 is 0. The lowest BCUT2D eigenvalue weighted by Crippen LogP contribution is -2.47. The van der Waals surface area contributed by atoms with E-state index in [9.17, 15) is 4.79 Å². The van der Waals surface area contributed by atoms with E-state index in [-0.39, 0.29) is 12.0 Å². The zero-order valence-electron chi connectivity index (χ0n) is 11.3. The number of carbonyl (C=O) groups excluding carboxylic acids is 1. The highest BCUT2D eigenvalue weighted by atomic mass is 16.5. The summed E-state index contributed by atoms with van der Waals surface area (Å²) in [6.45, 7) is 6.30. The minimum absolute atomic E-state index is 0.0576. The molecule has 0 amide bonds. The lowest BCUT2D eigenvalue weighted by molar-refractivity contribution is -0.151. The third kappa shape index (κ3) is 4.28. The van der Waals surface area contributed by atoms with Crippen LogP contribution in [0.1, 0.15) is 39.5 Å². The average Bonchev–Trinajstić information content (AvgIpc) is 2.36. The summed E-state index contributed by atoms with van der Waals surface area (Å²) in [5, 5.41) is 0. The third-order valence-corrected chi connectivity index (χ3v) is 3.37. The summed E-state index contributed by atoms with van der Waals surface area (Å²) in [6, 6.07) is -0.0576. The van der Waals surface area contributed by atoms with Crippen LogP contribution in [0.5, 0.6) is 0 Å². The first-order valence-corrected chi connectivity index (χ1v) is 6.66. The van der Waals surface area contributed by atoms with Crippen LogP contribution in [0.4, 0.5) is 0 Å². The van der Waals surface area contributed by atoms with E-state index >= 15 is 0 Å². The van der Waals surface area contributed by atoms with Crippen LogP contribution in [-0.4, -0.2) is 49.8 Å². The van der Waals surface area contributed by atoms with Gasteiger partial charge >= 0.3 is 5.97 Å². The molecule has 1 unspecified atom stereocenters. The fourth-order valence-corrected chi connectivity index (χ4v) is 2.38. The van der Waals surface area contributed by atoms with Gasteiger partial charge in [-0.25, -0.2) is 0 Å². The molecular formula is C13H25NO3. The molecule has 4 nitrogen and oxygen atoms in total. The Morgan fingerprint density at radius 1 is 1.35 bits per heavy atom. The zero-order chi connectivity index (χ0) is 12.7. The standard InChI is InChI=1S/C13H25NO3/c1-4-6-12(13(15)17-5-2)14-9-7-11(16-3)8-10-14/h11-12H,4-10H2,1-3H3. The topological polar surface area (TPSA) is 38.8 Å². The van der Waals surface area contributed by atoms with Gasteiger partial charge in [-0.1, -0.05) is 13.3 Å². The molecule has 0 N–H and O–H groups in total. The number of rotatable bonds is 6. The molecule has 0 aromatic rings. The zero-order valence-corrected chi connectivity index (χ0v) is 11.3. The number of hydrogen-bond acceptors (Lipinski definition) is 4. The van der Waals surface area contributed by atoms with Gasteiger partial charge in [0.15, 0.2) is 0 Å². The van der Waals surface area contributed by atoms with Crippen molar-refractivity contribution in [2.45, 2.75) is 51.7 Å². The smallest absolute Gasteiger partial charge is 0.323 e. The summed E-state index contributed by atoms with van der Waals surface area (Å²) in [4.78, 5) is 14.1. The summed E-state index contributed by atoms with van der Waals surface area (Å²) in [7, 11) is 1.76. The predicted octanol–water partition coefficient (Wildman–Crippen LogP) is 1.83. The van der Waals surface area contributed by atoms with Crippen LogP contribution in [0.25, 0.3) is 0 Å². The van der Waals surface area contributed by atoms with Crippen LogP contribution in [0, 0.1) is 0 Å². The minimum Gasteiger partial charge on any atom is -0.465 e. The Kier molecular flexibility index (Phi) is 6.52. The van der Waals surface area contributed by atoms with Crippen molar-refractivity contribution in [2.75, 3.05) is 26.8 Å². The number of esters is 1. The van der Waals surface area contributed by atoms with E-state index in [0.717, 1.165) is 38.8 Å². The fraction of sp³-hybridized carbons (Fsp3) is 0.923. The van der Waals surface area contributed by atoms with Crippen LogP contribution in [0.15, 0.2) is 0 Å². The lowest BCUT2D eigenvalue weighted by Gasteiger charge is -2.35. The van der Waals surface area contributed by atoms with E-state index in [0.29, 0.717) is 12.7 Å². The van der Waals surface area contributed by atoms with Gasteiger partial charge in [0.1, 0.15) is 6.04 Å². The quantitative estimate of drug-likeness (QED) is 0.667. The van der Waals surface area contributed by atoms with Crippen LogP contribution in [0.2, 0.25) is 0 Å². The lowest BCUT2D eigenvalue weighted by atomic mass is 10.0. The Labute approximate surface area is 104 Å². The molecular weight excluding hydrogens is 218 g/mol. The number of methoxy groups -OCH3 is 1. The molecule has 1 aliphatic rings. The first-order valence-electron chi connectivity index (χ1n) is 6.66. The monoisotopic (exact) mass is 243 g/mol. The average molecular weight is 243 g/mol. The molecule has 1 heterocycles. The maximum atomic E-state index is 11.9. The molecule has 1 atom stereocenters. The van der Waals surface area contributed by atoms with Gasteiger partial charge in [-0.05, 0) is 26.2 Å². The molecule has 0 bridgehead atoms. The molecule has 0 aromatic heterocycles. The van der Waals surface area contributed by atoms with E-state index in [4.69, 9.17) is 9.47 Å². The van der Waals surface area contributed by atoms with Crippen LogP contribution >= 0.6 is 0 Å². The summed E-state index contributed by atoms with van der Waals surface area (Å²) in [5.74, 6) is -0.0646. The number of likely N-dealkylation sites (tertiary alicyclic amines) is 1. The highest BCUT2D eigenvalue weighted by Gasteiger charge is 2.29. The number of nitrogens with zero attached hydrogens (tertiary/aromatic N) is 1. The highest BCUT2D eigenvalue weighted by molar-refractivity contribution is 5.75. The van der Waals surface area contributed by atoms with E-state index in [1.165, 1.54) is 0 Å². The van der Waals surface area contributed by atoms with Crippen molar-refractivity contribution >= 4 is 5.97 Å². The van der Waals surface area contributed by atoms with Crippen molar-refractivity contribution in [3.8, 4) is 0 Å². The molecule has 0 aromatic carbocycles. The van der Waals surface area contributed by atoms with Crippen molar-refractivity contribution in [3.05, 3.63) is 0 Å². The van der Waals surface area contributed by atoms with Gasteiger partial charge in [-0.2, -0.15) is 0 Å². The molecule has 0 aliphatic carbocycles. The maximum absolute atomic E-state index is 11.9. The van der Waals surface area contributed by atoms with Gasteiger partial charge in [0, 0.05) is 20.2 Å². The Hall–Kier alpha value is -0.610. The van der Waals surface area contributed by atoms with Gasteiger partial charge < -0.3 is 9.47 Å². The number of carbonyl (C=O) groups is 1. The summed E-state index contributed by atoms with van der Waals surface area (Å²) in [6.07, 6.45) is 4.27. The van der Waals surface area contributed by atoms with Crippen LogP contribution in [0.3, 0.4) is 0 Å². The van der Waals surface area contributed by atoms with E-state index in [1.54, 1.807) is 7.11 Å². The third-order valence-electron chi connectivity index (χ3n) is 3.37. The molecule has 1 saturated heterocycles. The summed E-state index contributed by atoms with van der Waals surface area (Å²) < 4.78 is 10.5. The molecule has 0 radical (unpaired) electrons. The van der Waals surface area contributed by atoms with E-state index in [1.807, 2.05) is 6.92 Å². The number of hydrogen-bond donors (Lipinski definition) is 0. The molecule has 0 spiro atoms. The molecule has 1 aliphatic heterocycles. The molecule has 1 rings (SSSR count). The molecule has 1 fully saturated rings. The Bertz CT molecular complexity index is 225. The Morgan fingerprint density at radius 2 is 2.00 bits per heavy atom. The predicted molar refractivity (Wildman–Crippen MR) is 66.9 cm³/mol. The second-order valence-corrected chi connectivity index (χ2v) is 4.53. The van der Waals surface area contributed by atoms with Gasteiger partial charge in [-0.3, -0.25) is 9.69 Å². The largest absolute Gasteiger partial charge is 0.465 e. The van der Waals surface area contributed by atoms with Crippen molar-refractivity contribution in [1.29, 1.82) is 0 Å². The van der Waals surface area contributed by atoms with Crippen molar-refractivity contribution in [3.63, 3.8) is 0 Å². The van der Waals surface area contributed by atoms with Crippen molar-refractivity contribution in [2.24, 2.45) is 0 Å². The summed E-state index contributed by atoms with van der Waals surface area (Å²) in [5.41, 5.74) is 0. The maximum Gasteiger partial charge on any atom is 0.323 e. The second kappa shape index (κ2) is 7.67. The van der Waals surface area contributed by atoms with Crippen molar-refractivity contribution < 1.29 is 14.3 Å². The van der Waals surface area contributed by atoms with Crippen molar-refractivity contribution in [1.82, 2.24) is 4.90 Å². The number of piperidine rings is 1. The van der Waals surface area contributed by atoms with E-state index in [2.05, 4.69) is 11.8 Å². The van der Waals surface area contributed by atoms with Gasteiger partial charge in [0.25, 0.3) is 0 Å². The first kappa shape index (κ1) is 14.5. The molecule has 17 heavy (non-hydrogen) atoms. The van der Waals surface area contributed by atoms with Gasteiger partial charge in [0.05, 0.1) is 12.7 Å². The normalized spacial score (nSPS) is 20.2. The Morgan fingerprint density at radius 3 is 2.47 bits per heavy atom. The minimum atomic E-state index is -0.0646. The molecule has 0 saturated carbocycles. The highest BCUT2D eigenvalue weighted by Crippen LogP contribution is 2.18. The van der Waals surface area contributed by atoms with E-state index < -0.39 is 0 Å². The Balaban J connectivity index is 2.50. The van der Waals surface area contributed by atoms with Gasteiger partial charge in [0.2, 0.25) is 0 Å². The SMILES string of the molecule is CCCC(C(=O)OCC)N1CCC(OC)CC1. The number of ether oxygens (including phenoxy) is 2. The fourth-order valence-electron chi connectivity index (χ4n) is 2.38. The molecule has 100 valence electrons. The second-order valence-electron chi connectivity index (χ2n) is 4.53. The van der Waals surface area contributed by atoms with Gasteiger partial charge in [-0.15, -0.1) is 0 Å². The first-order chi connectivity index (χ1) is 8.22.